The van der Waals surface area contributed by atoms with E-state index in [4.69, 9.17) is 0 Å². The Morgan fingerprint density at radius 3 is 2.83 bits per heavy atom. The lowest BCUT2D eigenvalue weighted by atomic mass is 10.1. The van der Waals surface area contributed by atoms with Crippen molar-refractivity contribution in [1.29, 1.82) is 0 Å². The standard InChI is InChI=1S/C18H19N5/c1-2-4-15(5-3-1)11-22-9-8-20-18-7-6-17(10-16(18)12-22)23-14-19-13-21-23/h1-7,10,13-14,20H,8-9,11-12H2. The normalized spacial score (nSPS) is 14.8. The van der Waals surface area contributed by atoms with E-state index in [-0.39, 0.29) is 0 Å². The fourth-order valence-electron chi connectivity index (χ4n) is 3.01. The first-order valence-corrected chi connectivity index (χ1v) is 7.86. The quantitative estimate of drug-likeness (QED) is 0.808. The van der Waals surface area contributed by atoms with Crippen molar-refractivity contribution in [2.45, 2.75) is 13.1 Å². The molecule has 0 saturated heterocycles. The van der Waals surface area contributed by atoms with E-state index < -0.39 is 0 Å². The summed E-state index contributed by atoms with van der Waals surface area (Å²) in [6, 6.07) is 17.0. The van der Waals surface area contributed by atoms with Crippen LogP contribution >= 0.6 is 0 Å². The molecule has 5 heteroatoms. The minimum atomic E-state index is 0.930. The van der Waals surface area contributed by atoms with Crippen LogP contribution < -0.4 is 5.32 Å². The van der Waals surface area contributed by atoms with Crippen molar-refractivity contribution in [3.8, 4) is 5.69 Å². The summed E-state index contributed by atoms with van der Waals surface area (Å²) in [6.07, 6.45) is 3.29. The highest BCUT2D eigenvalue weighted by atomic mass is 15.3. The first-order chi connectivity index (χ1) is 11.4. The molecule has 3 aromatic rings. The number of hydrogen-bond acceptors (Lipinski definition) is 4. The van der Waals surface area contributed by atoms with Crippen LogP contribution in [0.1, 0.15) is 11.1 Å². The molecule has 0 unspecified atom stereocenters. The lowest BCUT2D eigenvalue weighted by molar-refractivity contribution is 0.272. The lowest BCUT2D eigenvalue weighted by Gasteiger charge is -2.20. The average Bonchev–Trinajstić information content (AvgIpc) is 3.04. The molecular formula is C18H19N5. The summed E-state index contributed by atoms with van der Waals surface area (Å²) in [5.74, 6) is 0. The van der Waals surface area contributed by atoms with Gasteiger partial charge in [0.25, 0.3) is 0 Å². The third-order valence-corrected chi connectivity index (χ3v) is 4.16. The summed E-state index contributed by atoms with van der Waals surface area (Å²) in [5, 5.41) is 7.74. The third kappa shape index (κ3) is 3.10. The molecule has 2 heterocycles. The largest absolute Gasteiger partial charge is 0.383 e. The van der Waals surface area contributed by atoms with Crippen molar-refractivity contribution in [2.75, 3.05) is 18.4 Å². The van der Waals surface area contributed by atoms with Gasteiger partial charge in [-0.1, -0.05) is 30.3 Å². The molecule has 0 atom stereocenters. The fraction of sp³-hybridized carbons (Fsp3) is 0.222. The topological polar surface area (TPSA) is 46.0 Å². The molecule has 23 heavy (non-hydrogen) atoms. The number of nitrogens with one attached hydrogen (secondary N) is 1. The van der Waals surface area contributed by atoms with Crippen molar-refractivity contribution in [2.24, 2.45) is 0 Å². The van der Waals surface area contributed by atoms with Crippen molar-refractivity contribution >= 4 is 5.69 Å². The van der Waals surface area contributed by atoms with Crippen LogP contribution in [0, 0.1) is 0 Å². The van der Waals surface area contributed by atoms with E-state index in [1.165, 1.54) is 16.8 Å². The van der Waals surface area contributed by atoms with E-state index in [2.05, 4.69) is 68.8 Å². The Hall–Kier alpha value is -2.66. The third-order valence-electron chi connectivity index (χ3n) is 4.16. The minimum absolute atomic E-state index is 0.930. The Balaban J connectivity index is 1.58. The number of benzene rings is 2. The summed E-state index contributed by atoms with van der Waals surface area (Å²) >= 11 is 0. The van der Waals surface area contributed by atoms with Gasteiger partial charge in [0.2, 0.25) is 0 Å². The van der Waals surface area contributed by atoms with Crippen LogP contribution in [0.3, 0.4) is 0 Å². The van der Waals surface area contributed by atoms with Gasteiger partial charge >= 0.3 is 0 Å². The van der Waals surface area contributed by atoms with Gasteiger partial charge in [0.15, 0.2) is 0 Å². The number of nitrogens with zero attached hydrogens (tertiary/aromatic N) is 4. The van der Waals surface area contributed by atoms with Crippen LogP contribution in [0.25, 0.3) is 5.69 Å². The van der Waals surface area contributed by atoms with Crippen molar-refractivity contribution in [3.63, 3.8) is 0 Å². The van der Waals surface area contributed by atoms with Gasteiger partial charge in [-0.3, -0.25) is 4.90 Å². The highest BCUT2D eigenvalue weighted by Gasteiger charge is 2.15. The minimum Gasteiger partial charge on any atom is -0.383 e. The first-order valence-electron chi connectivity index (χ1n) is 7.86. The Morgan fingerprint density at radius 2 is 2.00 bits per heavy atom. The Labute approximate surface area is 135 Å². The number of fused-ring (bicyclic) bond motifs is 1. The van der Waals surface area contributed by atoms with Gasteiger partial charge in [0, 0.05) is 31.9 Å². The zero-order chi connectivity index (χ0) is 15.5. The second kappa shape index (κ2) is 6.22. The predicted molar refractivity (Wildman–Crippen MR) is 90.4 cm³/mol. The second-order valence-electron chi connectivity index (χ2n) is 5.80. The molecule has 5 nitrogen and oxygen atoms in total. The Bertz CT molecular complexity index is 767. The molecule has 1 aliphatic heterocycles. The van der Waals surface area contributed by atoms with Gasteiger partial charge in [-0.25, -0.2) is 9.67 Å². The second-order valence-corrected chi connectivity index (χ2v) is 5.80. The number of rotatable bonds is 3. The molecule has 1 aromatic heterocycles. The Morgan fingerprint density at radius 1 is 1.09 bits per heavy atom. The molecule has 0 saturated carbocycles. The zero-order valence-electron chi connectivity index (χ0n) is 12.9. The molecule has 0 spiro atoms. The van der Waals surface area contributed by atoms with Crippen LogP contribution in [-0.4, -0.2) is 32.8 Å². The van der Waals surface area contributed by atoms with Crippen LogP contribution in [0.15, 0.2) is 61.2 Å². The number of aromatic nitrogens is 3. The van der Waals surface area contributed by atoms with Gasteiger partial charge in [-0.2, -0.15) is 5.10 Å². The molecule has 4 rings (SSSR count). The maximum absolute atomic E-state index is 4.22. The summed E-state index contributed by atoms with van der Waals surface area (Å²) in [7, 11) is 0. The van der Waals surface area contributed by atoms with E-state index in [9.17, 15) is 0 Å². The van der Waals surface area contributed by atoms with Gasteiger partial charge in [-0.15, -0.1) is 0 Å². The van der Waals surface area contributed by atoms with E-state index in [0.717, 1.165) is 31.9 Å². The highest BCUT2D eigenvalue weighted by Crippen LogP contribution is 2.24. The van der Waals surface area contributed by atoms with E-state index in [1.807, 2.05) is 0 Å². The molecule has 2 aromatic carbocycles. The maximum Gasteiger partial charge on any atom is 0.138 e. The molecule has 1 aliphatic rings. The van der Waals surface area contributed by atoms with E-state index in [1.54, 1.807) is 17.3 Å². The molecule has 116 valence electrons. The van der Waals surface area contributed by atoms with Crippen molar-refractivity contribution in [3.05, 3.63) is 72.3 Å². The first kappa shape index (κ1) is 14.0. The molecule has 0 aliphatic carbocycles. The van der Waals surface area contributed by atoms with Crippen LogP contribution in [0.4, 0.5) is 5.69 Å². The van der Waals surface area contributed by atoms with E-state index >= 15 is 0 Å². The van der Waals surface area contributed by atoms with Gasteiger partial charge < -0.3 is 5.32 Å². The Kier molecular flexibility index (Phi) is 3.78. The van der Waals surface area contributed by atoms with Crippen LogP contribution in [0.5, 0.6) is 0 Å². The van der Waals surface area contributed by atoms with Gasteiger partial charge in [-0.05, 0) is 29.3 Å². The lowest BCUT2D eigenvalue weighted by Crippen LogP contribution is -2.25. The number of anilines is 1. The molecule has 0 radical (unpaired) electrons. The van der Waals surface area contributed by atoms with Crippen molar-refractivity contribution < 1.29 is 0 Å². The van der Waals surface area contributed by atoms with Gasteiger partial charge in [0.05, 0.1) is 5.69 Å². The summed E-state index contributed by atoms with van der Waals surface area (Å²) in [5.41, 5.74) is 4.91. The van der Waals surface area contributed by atoms with Crippen molar-refractivity contribution in [1.82, 2.24) is 19.7 Å². The summed E-state index contributed by atoms with van der Waals surface area (Å²) in [4.78, 5) is 6.50. The predicted octanol–water partition coefficient (Wildman–Crippen LogP) is 2.70. The SMILES string of the molecule is c1ccc(CN2CCNc3ccc(-n4cncn4)cc3C2)cc1. The zero-order valence-corrected chi connectivity index (χ0v) is 12.9. The summed E-state index contributed by atoms with van der Waals surface area (Å²) < 4.78 is 1.80. The van der Waals surface area contributed by atoms with Crippen LogP contribution in [0.2, 0.25) is 0 Å². The monoisotopic (exact) mass is 305 g/mol. The van der Waals surface area contributed by atoms with Gasteiger partial charge in [0.1, 0.15) is 12.7 Å². The van der Waals surface area contributed by atoms with E-state index in [0.29, 0.717) is 0 Å². The fourth-order valence-corrected chi connectivity index (χ4v) is 3.01. The molecule has 1 N–H and O–H groups in total. The molecular weight excluding hydrogens is 286 g/mol. The smallest absolute Gasteiger partial charge is 0.138 e. The highest BCUT2D eigenvalue weighted by molar-refractivity contribution is 5.56. The van der Waals surface area contributed by atoms with Crippen LogP contribution in [-0.2, 0) is 13.1 Å². The summed E-state index contributed by atoms with van der Waals surface area (Å²) in [6.45, 7) is 3.89. The average molecular weight is 305 g/mol. The molecule has 0 fully saturated rings. The maximum atomic E-state index is 4.22. The molecule has 0 bridgehead atoms. The number of hydrogen-bond donors (Lipinski definition) is 1. The molecule has 0 amide bonds.